The van der Waals surface area contributed by atoms with Crippen molar-refractivity contribution in [2.75, 3.05) is 36.8 Å². The second-order valence-electron chi connectivity index (χ2n) is 6.94. The molecule has 0 bridgehead atoms. The van der Waals surface area contributed by atoms with Gasteiger partial charge in [0, 0.05) is 38.9 Å². The first-order valence-corrected chi connectivity index (χ1v) is 10.8. The lowest BCUT2D eigenvalue weighted by Crippen LogP contribution is -2.49. The molecule has 0 atom stereocenters. The number of nitrogens with zero attached hydrogens (tertiary/aromatic N) is 6. The molecule has 3 aromatic rings. The lowest BCUT2D eigenvalue weighted by atomic mass is 10.2. The van der Waals surface area contributed by atoms with Crippen LogP contribution in [0.1, 0.15) is 5.76 Å². The largest absolute Gasteiger partial charge is 0.469 e. The van der Waals surface area contributed by atoms with E-state index in [4.69, 9.17) is 4.42 Å². The maximum absolute atomic E-state index is 12.8. The molecule has 0 spiro atoms. The van der Waals surface area contributed by atoms with E-state index in [1.165, 1.54) is 11.8 Å². The summed E-state index contributed by atoms with van der Waals surface area (Å²) < 4.78 is 7.36. The number of rotatable bonds is 7. The van der Waals surface area contributed by atoms with Crippen LogP contribution in [0.15, 0.2) is 59.0 Å². The number of allylic oxidation sites excluding steroid dienone is 1. The highest BCUT2D eigenvalue weighted by Crippen LogP contribution is 2.27. The van der Waals surface area contributed by atoms with E-state index in [1.54, 1.807) is 18.5 Å². The van der Waals surface area contributed by atoms with Crippen molar-refractivity contribution in [3.63, 3.8) is 0 Å². The second kappa shape index (κ2) is 9.17. The molecule has 0 unspecified atom stereocenters. The van der Waals surface area contributed by atoms with Gasteiger partial charge in [-0.05, 0) is 25.1 Å². The van der Waals surface area contributed by atoms with Crippen molar-refractivity contribution in [1.29, 1.82) is 0 Å². The number of aromatic nitrogens is 4. The fourth-order valence-corrected chi connectivity index (χ4v) is 4.30. The van der Waals surface area contributed by atoms with Gasteiger partial charge in [0.25, 0.3) is 0 Å². The third kappa shape index (κ3) is 4.25. The van der Waals surface area contributed by atoms with Crippen LogP contribution in [-0.4, -0.2) is 62.5 Å². The Labute approximate surface area is 179 Å². The Balaban J connectivity index is 1.37. The predicted molar refractivity (Wildman–Crippen MR) is 116 cm³/mol. The van der Waals surface area contributed by atoms with Gasteiger partial charge in [-0.2, -0.15) is 0 Å². The summed E-state index contributed by atoms with van der Waals surface area (Å²) in [6, 6.07) is 7.76. The molecule has 156 valence electrons. The van der Waals surface area contributed by atoms with Crippen LogP contribution in [-0.2, 0) is 11.3 Å². The summed E-state index contributed by atoms with van der Waals surface area (Å²) in [6.45, 7) is 9.22. The smallest absolute Gasteiger partial charge is 0.233 e. The lowest BCUT2D eigenvalue weighted by Gasteiger charge is -2.35. The number of carbonyl (C=O) groups excluding carboxylic acids is 1. The van der Waals surface area contributed by atoms with Crippen molar-refractivity contribution >= 4 is 23.5 Å². The Hall–Kier alpha value is -3.07. The summed E-state index contributed by atoms with van der Waals surface area (Å²) in [7, 11) is 0. The van der Waals surface area contributed by atoms with Crippen molar-refractivity contribution in [3.05, 3.63) is 55.1 Å². The number of hydrogen-bond donors (Lipinski definition) is 0. The summed E-state index contributed by atoms with van der Waals surface area (Å²) >= 11 is 1.40. The maximum Gasteiger partial charge on any atom is 0.233 e. The van der Waals surface area contributed by atoms with Gasteiger partial charge in [0.1, 0.15) is 11.6 Å². The molecule has 0 N–H and O–H groups in total. The molecule has 0 radical (unpaired) electrons. The fourth-order valence-electron chi connectivity index (χ4n) is 3.45. The second-order valence-corrected chi connectivity index (χ2v) is 7.88. The molecule has 30 heavy (non-hydrogen) atoms. The van der Waals surface area contributed by atoms with Crippen molar-refractivity contribution in [1.82, 2.24) is 24.6 Å². The summed E-state index contributed by atoms with van der Waals surface area (Å²) in [6.07, 6.45) is 5.23. The van der Waals surface area contributed by atoms with Crippen LogP contribution in [0.25, 0.3) is 11.4 Å². The molecule has 1 aliphatic heterocycles. The van der Waals surface area contributed by atoms with Crippen LogP contribution in [0.3, 0.4) is 0 Å². The van der Waals surface area contributed by atoms with E-state index in [1.807, 2.05) is 40.7 Å². The number of aryl methyl sites for hydroxylation is 1. The molecule has 0 aromatic carbocycles. The Kier molecular flexibility index (Phi) is 6.18. The number of hydrogen-bond acceptors (Lipinski definition) is 7. The molecule has 9 heteroatoms. The first-order valence-electron chi connectivity index (χ1n) is 9.82. The van der Waals surface area contributed by atoms with Gasteiger partial charge in [-0.1, -0.05) is 23.9 Å². The minimum absolute atomic E-state index is 0.106. The number of thioether (sulfide) groups is 1. The van der Waals surface area contributed by atoms with Crippen molar-refractivity contribution in [2.24, 2.45) is 0 Å². The van der Waals surface area contributed by atoms with Gasteiger partial charge in [0.05, 0.1) is 17.6 Å². The van der Waals surface area contributed by atoms with Crippen LogP contribution < -0.4 is 4.90 Å². The van der Waals surface area contributed by atoms with Gasteiger partial charge in [-0.15, -0.1) is 16.8 Å². The van der Waals surface area contributed by atoms with E-state index in [2.05, 4.69) is 26.7 Å². The number of furan rings is 1. The topological polar surface area (TPSA) is 80.3 Å². The Morgan fingerprint density at radius 2 is 2.07 bits per heavy atom. The van der Waals surface area contributed by atoms with Crippen LogP contribution in [0.4, 0.5) is 5.82 Å². The van der Waals surface area contributed by atoms with Crippen molar-refractivity contribution in [2.45, 2.75) is 18.6 Å². The van der Waals surface area contributed by atoms with E-state index in [-0.39, 0.29) is 5.91 Å². The number of carbonyl (C=O) groups is 1. The molecule has 0 saturated carbocycles. The third-order valence-electron chi connectivity index (χ3n) is 5.06. The molecule has 4 heterocycles. The molecule has 3 aromatic heterocycles. The number of piperazine rings is 1. The predicted octanol–water partition coefficient (Wildman–Crippen LogP) is 2.87. The average molecular weight is 425 g/mol. The average Bonchev–Trinajstić information content (AvgIpc) is 3.38. The molecular formula is C21H24N6O2S. The normalized spacial score (nSPS) is 14.2. The fraction of sp³-hybridized carbons (Fsp3) is 0.333. The van der Waals surface area contributed by atoms with E-state index in [0.717, 1.165) is 36.1 Å². The Bertz CT molecular complexity index is 1010. The Morgan fingerprint density at radius 3 is 2.73 bits per heavy atom. The molecule has 4 rings (SSSR count). The lowest BCUT2D eigenvalue weighted by molar-refractivity contribution is -0.128. The van der Waals surface area contributed by atoms with Crippen molar-refractivity contribution < 1.29 is 9.21 Å². The van der Waals surface area contributed by atoms with Gasteiger partial charge >= 0.3 is 0 Å². The highest BCUT2D eigenvalue weighted by atomic mass is 32.2. The summed E-state index contributed by atoms with van der Waals surface area (Å²) in [5, 5.41) is 9.32. The molecule has 8 nitrogen and oxygen atoms in total. The molecule has 0 aliphatic carbocycles. The van der Waals surface area contributed by atoms with Gasteiger partial charge in [-0.25, -0.2) is 4.98 Å². The number of pyridine rings is 1. The summed E-state index contributed by atoms with van der Waals surface area (Å²) in [5.74, 6) is 2.89. The van der Waals surface area contributed by atoms with Crippen LogP contribution in [0.5, 0.6) is 0 Å². The van der Waals surface area contributed by atoms with Crippen LogP contribution in [0, 0.1) is 6.92 Å². The zero-order chi connectivity index (χ0) is 20.9. The molecule has 1 amide bonds. The molecule has 1 fully saturated rings. The zero-order valence-corrected chi connectivity index (χ0v) is 17.7. The van der Waals surface area contributed by atoms with Crippen LogP contribution >= 0.6 is 11.8 Å². The highest BCUT2D eigenvalue weighted by Gasteiger charge is 2.23. The van der Waals surface area contributed by atoms with Gasteiger partial charge in [0.15, 0.2) is 11.0 Å². The van der Waals surface area contributed by atoms with E-state index in [9.17, 15) is 4.79 Å². The minimum atomic E-state index is 0.106. The highest BCUT2D eigenvalue weighted by molar-refractivity contribution is 7.99. The first kappa shape index (κ1) is 20.2. The summed E-state index contributed by atoms with van der Waals surface area (Å²) in [5.41, 5.74) is 0.896. The standard InChI is InChI=1S/C21H24N6O2S/c1-3-9-27-20(17-7-14-29-16(17)2)23-24-21(27)30-15-19(28)26-12-10-25(11-13-26)18-6-4-5-8-22-18/h3-8,14H,1,9-13,15H2,2H3. The summed E-state index contributed by atoms with van der Waals surface area (Å²) in [4.78, 5) is 21.3. The molecular weight excluding hydrogens is 400 g/mol. The number of anilines is 1. The van der Waals surface area contributed by atoms with Crippen LogP contribution in [0.2, 0.25) is 0 Å². The van der Waals surface area contributed by atoms with E-state index < -0.39 is 0 Å². The van der Waals surface area contributed by atoms with Gasteiger partial charge in [-0.3, -0.25) is 9.36 Å². The van der Waals surface area contributed by atoms with Gasteiger partial charge < -0.3 is 14.2 Å². The van der Waals surface area contributed by atoms with Gasteiger partial charge in [0.2, 0.25) is 5.91 Å². The maximum atomic E-state index is 12.8. The minimum Gasteiger partial charge on any atom is -0.469 e. The quantitative estimate of drug-likeness (QED) is 0.426. The Morgan fingerprint density at radius 1 is 1.23 bits per heavy atom. The van der Waals surface area contributed by atoms with E-state index >= 15 is 0 Å². The monoisotopic (exact) mass is 424 g/mol. The SMILES string of the molecule is C=CCn1c(SCC(=O)N2CCN(c3ccccn3)CC2)nnc1-c1ccoc1C. The van der Waals surface area contributed by atoms with Crippen molar-refractivity contribution in [3.8, 4) is 11.4 Å². The first-order chi connectivity index (χ1) is 14.7. The van der Waals surface area contributed by atoms with E-state index in [0.29, 0.717) is 30.5 Å². The molecule has 1 aliphatic rings. The number of amides is 1. The third-order valence-corrected chi connectivity index (χ3v) is 6.01. The molecule has 1 saturated heterocycles. The zero-order valence-electron chi connectivity index (χ0n) is 16.9.